The molecule has 84 valence electrons. The van der Waals surface area contributed by atoms with Gasteiger partial charge >= 0.3 is 0 Å². The number of nitrogens with one attached hydrogen (secondary N) is 2. The number of amides is 1. The predicted molar refractivity (Wildman–Crippen MR) is 67.2 cm³/mol. The summed E-state index contributed by atoms with van der Waals surface area (Å²) in [5.74, 6) is -0.422. The molecule has 0 saturated heterocycles. The standard InChI is InChI=1S/C11H10Cl2N2O/c1-6-5-7-8(14-6)3-2-4-9(7)15-11(16)10(12)13/h2-5,10,14H,1H3,(H,15,16). The summed E-state index contributed by atoms with van der Waals surface area (Å²) in [7, 11) is 0. The summed E-state index contributed by atoms with van der Waals surface area (Å²) in [5.41, 5.74) is 2.71. The minimum atomic E-state index is -1.06. The van der Waals surface area contributed by atoms with Gasteiger partial charge in [-0.2, -0.15) is 0 Å². The summed E-state index contributed by atoms with van der Waals surface area (Å²) in [4.78, 5) is 13.5. The van der Waals surface area contributed by atoms with Crippen LogP contribution in [0.5, 0.6) is 0 Å². The Balaban J connectivity index is 2.40. The fraction of sp³-hybridized carbons (Fsp3) is 0.182. The Labute approximate surface area is 103 Å². The van der Waals surface area contributed by atoms with Crippen LogP contribution in [0.2, 0.25) is 0 Å². The van der Waals surface area contributed by atoms with Crippen LogP contribution < -0.4 is 5.32 Å². The molecule has 0 bridgehead atoms. The lowest BCUT2D eigenvalue weighted by Gasteiger charge is -2.06. The summed E-state index contributed by atoms with van der Waals surface area (Å²) in [6, 6.07) is 7.56. The molecule has 1 aromatic carbocycles. The van der Waals surface area contributed by atoms with Crippen LogP contribution >= 0.6 is 23.2 Å². The van der Waals surface area contributed by atoms with Gasteiger partial charge in [0.2, 0.25) is 0 Å². The molecule has 1 heterocycles. The molecule has 0 aliphatic heterocycles. The third-order valence-corrected chi connectivity index (χ3v) is 2.65. The molecule has 0 spiro atoms. The normalized spacial score (nSPS) is 11.0. The first-order valence-electron chi connectivity index (χ1n) is 4.75. The summed E-state index contributed by atoms with van der Waals surface area (Å²) in [6.07, 6.45) is 0. The van der Waals surface area contributed by atoms with Crippen LogP contribution in [0.4, 0.5) is 5.69 Å². The molecule has 2 N–H and O–H groups in total. The number of carbonyl (C=O) groups is 1. The fourth-order valence-electron chi connectivity index (χ4n) is 1.59. The van der Waals surface area contributed by atoms with Crippen LogP contribution in [0.15, 0.2) is 24.3 Å². The molecular formula is C11H10Cl2N2O. The number of alkyl halides is 2. The highest BCUT2D eigenvalue weighted by atomic mass is 35.5. The maximum absolute atomic E-state index is 11.4. The zero-order valence-corrected chi connectivity index (χ0v) is 10.1. The lowest BCUT2D eigenvalue weighted by molar-refractivity contribution is -0.114. The van der Waals surface area contributed by atoms with E-state index >= 15 is 0 Å². The average molecular weight is 257 g/mol. The van der Waals surface area contributed by atoms with Crippen LogP contribution in [0.3, 0.4) is 0 Å². The Hall–Kier alpha value is -1.19. The predicted octanol–water partition coefficient (Wildman–Crippen LogP) is 3.22. The molecule has 16 heavy (non-hydrogen) atoms. The van der Waals surface area contributed by atoms with Gasteiger partial charge in [0, 0.05) is 16.6 Å². The largest absolute Gasteiger partial charge is 0.359 e. The van der Waals surface area contributed by atoms with Gasteiger partial charge in [0.25, 0.3) is 5.91 Å². The summed E-state index contributed by atoms with van der Waals surface area (Å²) in [6.45, 7) is 1.96. The molecule has 2 aromatic rings. The van der Waals surface area contributed by atoms with E-state index < -0.39 is 10.7 Å². The fourth-order valence-corrected chi connectivity index (χ4v) is 1.70. The molecule has 0 unspecified atom stereocenters. The number of hydrogen-bond donors (Lipinski definition) is 2. The van der Waals surface area contributed by atoms with Gasteiger partial charge in [-0.25, -0.2) is 0 Å². The van der Waals surface area contributed by atoms with Crippen molar-refractivity contribution in [2.45, 2.75) is 11.8 Å². The molecule has 3 nitrogen and oxygen atoms in total. The number of benzene rings is 1. The zero-order chi connectivity index (χ0) is 11.7. The molecule has 0 fully saturated rings. The van der Waals surface area contributed by atoms with Crippen molar-refractivity contribution < 1.29 is 4.79 Å². The van der Waals surface area contributed by atoms with E-state index in [4.69, 9.17) is 23.2 Å². The number of anilines is 1. The highest BCUT2D eigenvalue weighted by Crippen LogP contribution is 2.24. The van der Waals surface area contributed by atoms with E-state index in [2.05, 4.69) is 10.3 Å². The molecule has 0 aliphatic carbocycles. The number of halogens is 2. The van der Waals surface area contributed by atoms with Crippen molar-refractivity contribution in [3.63, 3.8) is 0 Å². The number of hydrogen-bond acceptors (Lipinski definition) is 1. The maximum Gasteiger partial charge on any atom is 0.257 e. The van der Waals surface area contributed by atoms with Crippen molar-refractivity contribution in [1.29, 1.82) is 0 Å². The SMILES string of the molecule is Cc1cc2c(NC(=O)C(Cl)Cl)cccc2[nH]1. The molecular weight excluding hydrogens is 247 g/mol. The number of aryl methyl sites for hydroxylation is 1. The first-order chi connectivity index (χ1) is 7.58. The quantitative estimate of drug-likeness (QED) is 0.797. The van der Waals surface area contributed by atoms with E-state index in [1.165, 1.54) is 0 Å². The summed E-state index contributed by atoms with van der Waals surface area (Å²) >= 11 is 11.0. The van der Waals surface area contributed by atoms with Crippen molar-refractivity contribution >= 4 is 45.7 Å². The van der Waals surface area contributed by atoms with Gasteiger partial charge in [0.05, 0.1) is 5.69 Å². The van der Waals surface area contributed by atoms with Gasteiger partial charge in [-0.15, -0.1) is 0 Å². The Kier molecular flexibility index (Phi) is 3.08. The van der Waals surface area contributed by atoms with E-state index in [0.29, 0.717) is 5.69 Å². The lowest BCUT2D eigenvalue weighted by Crippen LogP contribution is -2.18. The van der Waals surface area contributed by atoms with Crippen molar-refractivity contribution in [3.05, 3.63) is 30.0 Å². The average Bonchev–Trinajstić information content (AvgIpc) is 2.59. The smallest absolute Gasteiger partial charge is 0.257 e. The molecule has 1 aromatic heterocycles. The summed E-state index contributed by atoms with van der Waals surface area (Å²) in [5, 5.41) is 3.62. The van der Waals surface area contributed by atoms with Crippen LogP contribution in [-0.2, 0) is 4.79 Å². The Morgan fingerprint density at radius 2 is 2.19 bits per heavy atom. The topological polar surface area (TPSA) is 44.9 Å². The van der Waals surface area contributed by atoms with Crippen molar-refractivity contribution in [2.24, 2.45) is 0 Å². The van der Waals surface area contributed by atoms with E-state index in [9.17, 15) is 4.79 Å². The van der Waals surface area contributed by atoms with Gasteiger partial charge in [-0.1, -0.05) is 29.3 Å². The minimum Gasteiger partial charge on any atom is -0.359 e. The van der Waals surface area contributed by atoms with Gasteiger partial charge in [0.15, 0.2) is 4.84 Å². The lowest BCUT2D eigenvalue weighted by atomic mass is 10.2. The monoisotopic (exact) mass is 256 g/mol. The Morgan fingerprint density at radius 3 is 2.88 bits per heavy atom. The van der Waals surface area contributed by atoms with Crippen LogP contribution in [0, 0.1) is 6.92 Å². The summed E-state index contributed by atoms with van der Waals surface area (Å²) < 4.78 is 0. The molecule has 0 saturated carbocycles. The second-order valence-corrected chi connectivity index (χ2v) is 4.61. The van der Waals surface area contributed by atoms with Gasteiger partial charge < -0.3 is 10.3 Å². The van der Waals surface area contributed by atoms with Crippen LogP contribution in [0.1, 0.15) is 5.69 Å². The van der Waals surface area contributed by atoms with Crippen molar-refractivity contribution in [2.75, 3.05) is 5.32 Å². The first kappa shape index (κ1) is 11.3. The zero-order valence-electron chi connectivity index (χ0n) is 8.55. The van der Waals surface area contributed by atoms with Gasteiger partial charge in [-0.3, -0.25) is 4.79 Å². The van der Waals surface area contributed by atoms with Crippen LogP contribution in [-0.4, -0.2) is 15.7 Å². The third-order valence-electron chi connectivity index (χ3n) is 2.25. The van der Waals surface area contributed by atoms with E-state index in [1.54, 1.807) is 0 Å². The number of carbonyl (C=O) groups excluding carboxylic acids is 1. The second kappa shape index (κ2) is 4.36. The van der Waals surface area contributed by atoms with E-state index in [1.807, 2.05) is 31.2 Å². The minimum absolute atomic E-state index is 0.422. The number of fused-ring (bicyclic) bond motifs is 1. The first-order valence-corrected chi connectivity index (χ1v) is 5.62. The molecule has 2 rings (SSSR count). The third kappa shape index (κ3) is 2.15. The van der Waals surface area contributed by atoms with Gasteiger partial charge in [0.1, 0.15) is 0 Å². The van der Waals surface area contributed by atoms with Crippen LogP contribution in [0.25, 0.3) is 10.9 Å². The molecule has 0 aliphatic rings. The van der Waals surface area contributed by atoms with Crippen molar-refractivity contribution in [3.8, 4) is 0 Å². The number of rotatable bonds is 2. The maximum atomic E-state index is 11.4. The molecule has 0 atom stereocenters. The Morgan fingerprint density at radius 1 is 1.44 bits per heavy atom. The molecule has 0 radical (unpaired) electrons. The van der Waals surface area contributed by atoms with Gasteiger partial charge in [-0.05, 0) is 25.1 Å². The van der Waals surface area contributed by atoms with E-state index in [0.717, 1.165) is 16.6 Å². The van der Waals surface area contributed by atoms with E-state index in [-0.39, 0.29) is 0 Å². The highest BCUT2D eigenvalue weighted by Gasteiger charge is 2.13. The second-order valence-electron chi connectivity index (χ2n) is 3.51. The molecule has 1 amide bonds. The molecule has 5 heteroatoms. The number of H-pyrrole nitrogens is 1. The number of aromatic amines is 1. The Bertz CT molecular complexity index is 534. The highest BCUT2D eigenvalue weighted by molar-refractivity contribution is 6.54. The van der Waals surface area contributed by atoms with Crippen molar-refractivity contribution in [1.82, 2.24) is 4.98 Å². The number of aromatic nitrogens is 1.